The Morgan fingerprint density at radius 1 is 1.00 bits per heavy atom. The zero-order chi connectivity index (χ0) is 14.5. The molecule has 1 saturated heterocycles. The largest absolute Gasteiger partial charge is 0.351 e. The van der Waals surface area contributed by atoms with Crippen LogP contribution in [0.2, 0.25) is 0 Å². The Hall–Kier alpha value is -1.63. The van der Waals surface area contributed by atoms with Gasteiger partial charge in [-0.05, 0) is 32.1 Å². The van der Waals surface area contributed by atoms with Gasteiger partial charge in [0.2, 0.25) is 17.8 Å². The molecule has 7 heteroatoms. The van der Waals surface area contributed by atoms with E-state index >= 15 is 0 Å². The minimum Gasteiger partial charge on any atom is -0.351 e. The van der Waals surface area contributed by atoms with Gasteiger partial charge in [0, 0.05) is 19.1 Å². The summed E-state index contributed by atoms with van der Waals surface area (Å²) in [7, 11) is 0. The molecule has 1 aliphatic heterocycles. The second kappa shape index (κ2) is 6.69. The normalized spacial score (nSPS) is 17.1. The Kier molecular flexibility index (Phi) is 4.94. The number of piperidine rings is 1. The van der Waals surface area contributed by atoms with Crippen molar-refractivity contribution in [1.82, 2.24) is 15.0 Å². The SMILES string of the molecule is CC(C)C(C)Nc1nc(NN)nc(N2CCCCC2)n1. The number of hydrazine groups is 1. The molecule has 0 spiro atoms. The van der Waals surface area contributed by atoms with Gasteiger partial charge >= 0.3 is 0 Å². The van der Waals surface area contributed by atoms with Crippen molar-refractivity contribution in [3.8, 4) is 0 Å². The molecule has 2 heterocycles. The van der Waals surface area contributed by atoms with Crippen molar-refractivity contribution in [2.75, 3.05) is 28.7 Å². The Balaban J connectivity index is 2.19. The van der Waals surface area contributed by atoms with E-state index in [2.05, 4.69) is 51.4 Å². The van der Waals surface area contributed by atoms with Crippen LogP contribution in [0, 0.1) is 5.92 Å². The van der Waals surface area contributed by atoms with Crippen LogP contribution in [-0.4, -0.2) is 34.1 Å². The molecule has 20 heavy (non-hydrogen) atoms. The van der Waals surface area contributed by atoms with Crippen LogP contribution in [0.15, 0.2) is 0 Å². The molecule has 0 saturated carbocycles. The molecule has 0 radical (unpaired) electrons. The molecule has 1 aromatic rings. The van der Waals surface area contributed by atoms with E-state index in [-0.39, 0.29) is 6.04 Å². The molecular formula is C13H25N7. The Bertz CT molecular complexity index is 429. The molecule has 4 N–H and O–H groups in total. The van der Waals surface area contributed by atoms with Gasteiger partial charge in [0.25, 0.3) is 0 Å². The van der Waals surface area contributed by atoms with E-state index in [1.165, 1.54) is 19.3 Å². The molecule has 2 rings (SSSR count). The Morgan fingerprint density at radius 2 is 1.65 bits per heavy atom. The minimum atomic E-state index is 0.289. The molecule has 0 aromatic carbocycles. The number of hydrogen-bond donors (Lipinski definition) is 3. The van der Waals surface area contributed by atoms with Gasteiger partial charge < -0.3 is 10.2 Å². The predicted molar refractivity (Wildman–Crippen MR) is 81.6 cm³/mol. The summed E-state index contributed by atoms with van der Waals surface area (Å²) < 4.78 is 0. The van der Waals surface area contributed by atoms with E-state index < -0.39 is 0 Å². The molecule has 1 atom stereocenters. The molecule has 1 unspecified atom stereocenters. The fourth-order valence-electron chi connectivity index (χ4n) is 2.10. The summed E-state index contributed by atoms with van der Waals surface area (Å²) >= 11 is 0. The first-order valence-corrected chi connectivity index (χ1v) is 7.34. The maximum Gasteiger partial charge on any atom is 0.243 e. The fraction of sp³-hybridized carbons (Fsp3) is 0.769. The summed E-state index contributed by atoms with van der Waals surface area (Å²) in [4.78, 5) is 15.3. The highest BCUT2D eigenvalue weighted by Gasteiger charge is 2.17. The number of nitrogens with one attached hydrogen (secondary N) is 2. The average Bonchev–Trinajstić information content (AvgIpc) is 2.47. The zero-order valence-electron chi connectivity index (χ0n) is 12.6. The highest BCUT2D eigenvalue weighted by molar-refractivity contribution is 5.43. The molecular weight excluding hydrogens is 254 g/mol. The van der Waals surface area contributed by atoms with Crippen LogP contribution in [-0.2, 0) is 0 Å². The second-order valence-electron chi connectivity index (χ2n) is 5.65. The zero-order valence-corrected chi connectivity index (χ0v) is 12.6. The van der Waals surface area contributed by atoms with Gasteiger partial charge in [-0.15, -0.1) is 0 Å². The molecule has 1 aromatic heterocycles. The van der Waals surface area contributed by atoms with E-state index in [1.807, 2.05) is 0 Å². The van der Waals surface area contributed by atoms with Gasteiger partial charge in [0.1, 0.15) is 0 Å². The van der Waals surface area contributed by atoms with Gasteiger partial charge in [-0.2, -0.15) is 15.0 Å². The number of aromatic nitrogens is 3. The predicted octanol–water partition coefficient (Wildman–Crippen LogP) is 1.60. The number of rotatable bonds is 5. The van der Waals surface area contributed by atoms with Crippen LogP contribution in [0.1, 0.15) is 40.0 Å². The van der Waals surface area contributed by atoms with Crippen molar-refractivity contribution in [2.24, 2.45) is 11.8 Å². The summed E-state index contributed by atoms with van der Waals surface area (Å²) in [5.41, 5.74) is 2.52. The van der Waals surface area contributed by atoms with Crippen LogP contribution in [0.3, 0.4) is 0 Å². The first kappa shape index (κ1) is 14.8. The third-order valence-corrected chi connectivity index (χ3v) is 3.75. The quantitative estimate of drug-likeness (QED) is 0.557. The summed E-state index contributed by atoms with van der Waals surface area (Å²) in [6.45, 7) is 8.42. The first-order chi connectivity index (χ1) is 9.60. The molecule has 0 aliphatic carbocycles. The average molecular weight is 279 g/mol. The third-order valence-electron chi connectivity index (χ3n) is 3.75. The van der Waals surface area contributed by atoms with Crippen molar-refractivity contribution in [3.63, 3.8) is 0 Å². The van der Waals surface area contributed by atoms with Gasteiger partial charge in [-0.3, -0.25) is 5.43 Å². The van der Waals surface area contributed by atoms with Crippen LogP contribution in [0.4, 0.5) is 17.8 Å². The van der Waals surface area contributed by atoms with Crippen molar-refractivity contribution < 1.29 is 0 Å². The molecule has 112 valence electrons. The van der Waals surface area contributed by atoms with Crippen LogP contribution in [0.25, 0.3) is 0 Å². The maximum absolute atomic E-state index is 5.46. The van der Waals surface area contributed by atoms with E-state index in [0.717, 1.165) is 13.1 Å². The molecule has 0 amide bonds. The van der Waals surface area contributed by atoms with Crippen molar-refractivity contribution in [2.45, 2.75) is 46.1 Å². The third kappa shape index (κ3) is 3.69. The first-order valence-electron chi connectivity index (χ1n) is 7.34. The van der Waals surface area contributed by atoms with Crippen LogP contribution in [0.5, 0.6) is 0 Å². The minimum absolute atomic E-state index is 0.289. The highest BCUT2D eigenvalue weighted by atomic mass is 15.4. The summed E-state index contributed by atoms with van der Waals surface area (Å²) in [6, 6.07) is 0.289. The number of nitrogens with zero attached hydrogens (tertiary/aromatic N) is 4. The molecule has 7 nitrogen and oxygen atoms in total. The number of anilines is 3. The summed E-state index contributed by atoms with van der Waals surface area (Å²) in [5, 5.41) is 3.31. The van der Waals surface area contributed by atoms with E-state index in [4.69, 9.17) is 5.84 Å². The standard InChI is InChI=1S/C13H25N7/c1-9(2)10(3)15-11-16-12(19-14)18-13(17-11)20-7-5-4-6-8-20/h9-10H,4-8,14H2,1-3H3,(H2,15,16,17,18,19). The number of nitrogen functional groups attached to an aromatic ring is 1. The number of hydrogen-bond acceptors (Lipinski definition) is 7. The Labute approximate surface area is 120 Å². The lowest BCUT2D eigenvalue weighted by Gasteiger charge is -2.27. The van der Waals surface area contributed by atoms with Gasteiger partial charge in [-0.1, -0.05) is 13.8 Å². The van der Waals surface area contributed by atoms with Gasteiger partial charge in [-0.25, -0.2) is 5.84 Å². The summed E-state index contributed by atoms with van der Waals surface area (Å²) in [6.07, 6.45) is 3.64. The van der Waals surface area contributed by atoms with Crippen molar-refractivity contribution in [1.29, 1.82) is 0 Å². The van der Waals surface area contributed by atoms with E-state index in [0.29, 0.717) is 23.8 Å². The highest BCUT2D eigenvalue weighted by Crippen LogP contribution is 2.19. The lowest BCUT2D eigenvalue weighted by molar-refractivity contribution is 0.553. The van der Waals surface area contributed by atoms with E-state index in [1.54, 1.807) is 0 Å². The van der Waals surface area contributed by atoms with Crippen LogP contribution < -0.4 is 21.5 Å². The second-order valence-corrected chi connectivity index (χ2v) is 5.65. The Morgan fingerprint density at radius 3 is 2.25 bits per heavy atom. The number of nitrogens with two attached hydrogens (primary N) is 1. The van der Waals surface area contributed by atoms with Gasteiger partial charge in [0.05, 0.1) is 0 Å². The van der Waals surface area contributed by atoms with Gasteiger partial charge in [0.15, 0.2) is 0 Å². The lowest BCUT2D eigenvalue weighted by atomic mass is 10.1. The van der Waals surface area contributed by atoms with Crippen molar-refractivity contribution in [3.05, 3.63) is 0 Å². The summed E-state index contributed by atoms with van der Waals surface area (Å²) in [5.74, 6) is 7.64. The van der Waals surface area contributed by atoms with Crippen molar-refractivity contribution >= 4 is 17.8 Å². The molecule has 1 fully saturated rings. The maximum atomic E-state index is 5.46. The fourth-order valence-corrected chi connectivity index (χ4v) is 2.10. The van der Waals surface area contributed by atoms with E-state index in [9.17, 15) is 0 Å². The lowest BCUT2D eigenvalue weighted by Crippen LogP contribution is -2.32. The van der Waals surface area contributed by atoms with Crippen LogP contribution >= 0.6 is 0 Å². The topological polar surface area (TPSA) is 92.0 Å². The molecule has 1 aliphatic rings. The molecule has 0 bridgehead atoms. The smallest absolute Gasteiger partial charge is 0.243 e. The monoisotopic (exact) mass is 279 g/mol.